The molecule has 1 aliphatic rings. The number of nitrogens with zero attached hydrogens (tertiary/aromatic N) is 1. The minimum atomic E-state index is -0.569. The smallest absolute Gasteiger partial charge is 0.363 e. The summed E-state index contributed by atoms with van der Waals surface area (Å²) in [6.45, 7) is -0.202. The molecule has 8 heteroatoms. The lowest BCUT2D eigenvalue weighted by Crippen LogP contribution is -2.12. The van der Waals surface area contributed by atoms with Crippen LogP contribution in [-0.2, 0) is 19.1 Å². The highest BCUT2D eigenvalue weighted by atomic mass is 127. The lowest BCUT2D eigenvalue weighted by atomic mass is 10.2. The third-order valence-corrected chi connectivity index (χ3v) is 4.53. The van der Waals surface area contributed by atoms with Crippen molar-refractivity contribution in [2.24, 2.45) is 4.99 Å². The van der Waals surface area contributed by atoms with E-state index in [0.717, 1.165) is 3.57 Å². The number of carbonyl (C=O) groups is 2. The van der Waals surface area contributed by atoms with Crippen molar-refractivity contribution in [2.75, 3.05) is 13.7 Å². The molecule has 0 aliphatic carbocycles. The number of hydrogen-bond donors (Lipinski definition) is 0. The number of hydrogen-bond acceptors (Lipinski definition) is 6. The van der Waals surface area contributed by atoms with Gasteiger partial charge in [0.25, 0.3) is 0 Å². The molecule has 0 amide bonds. The molecule has 2 aromatic carbocycles. The highest BCUT2D eigenvalue weighted by molar-refractivity contribution is 14.1. The fourth-order valence-corrected chi connectivity index (χ4v) is 2.93. The number of aliphatic imine (C=N–C) groups is 1. The van der Waals surface area contributed by atoms with E-state index in [1.807, 2.05) is 6.07 Å². The van der Waals surface area contributed by atoms with Crippen LogP contribution in [0, 0.1) is 3.57 Å². The molecule has 0 spiro atoms. The maximum absolute atomic E-state index is 12.2. The third kappa shape index (κ3) is 4.86. The zero-order chi connectivity index (χ0) is 19.4. The van der Waals surface area contributed by atoms with Crippen molar-refractivity contribution in [1.82, 2.24) is 0 Å². The molecule has 3 rings (SSSR count). The van der Waals surface area contributed by atoms with Crippen molar-refractivity contribution >= 4 is 58.1 Å². The van der Waals surface area contributed by atoms with Gasteiger partial charge in [0.05, 0.1) is 17.7 Å². The first-order chi connectivity index (χ1) is 13.0. The number of halogens is 2. The van der Waals surface area contributed by atoms with E-state index < -0.39 is 11.9 Å². The molecule has 2 aromatic rings. The van der Waals surface area contributed by atoms with Crippen molar-refractivity contribution in [1.29, 1.82) is 0 Å². The Kier molecular flexibility index (Phi) is 6.12. The average Bonchev–Trinajstić information content (AvgIpc) is 3.02. The highest BCUT2D eigenvalue weighted by Gasteiger charge is 2.25. The van der Waals surface area contributed by atoms with Crippen molar-refractivity contribution < 1.29 is 23.8 Å². The zero-order valence-corrected chi connectivity index (χ0v) is 17.0. The predicted molar refractivity (Wildman–Crippen MR) is 109 cm³/mol. The summed E-state index contributed by atoms with van der Waals surface area (Å²) in [5.74, 6) is -0.429. The molecule has 1 heterocycles. The molecule has 6 nitrogen and oxygen atoms in total. The van der Waals surface area contributed by atoms with Crippen LogP contribution in [0.3, 0.4) is 0 Å². The molecule has 0 saturated heterocycles. The van der Waals surface area contributed by atoms with E-state index in [2.05, 4.69) is 32.3 Å². The Bertz CT molecular complexity index is 970. The maximum atomic E-state index is 12.2. The molecule has 27 heavy (non-hydrogen) atoms. The molecule has 0 radical (unpaired) electrons. The SMILES string of the molecule is COC(=O)COc1cccc(/C=C2\N=C(c3cc(I)ccc3Cl)OC2=O)c1. The molecule has 0 saturated carbocycles. The predicted octanol–water partition coefficient (Wildman–Crippen LogP) is 3.84. The fraction of sp³-hybridized carbons (Fsp3) is 0.105. The number of esters is 2. The van der Waals surface area contributed by atoms with Gasteiger partial charge in [0.1, 0.15) is 5.75 Å². The van der Waals surface area contributed by atoms with Gasteiger partial charge >= 0.3 is 11.9 Å². The van der Waals surface area contributed by atoms with E-state index in [4.69, 9.17) is 21.1 Å². The summed E-state index contributed by atoms with van der Waals surface area (Å²) in [6.07, 6.45) is 1.57. The van der Waals surface area contributed by atoms with E-state index in [0.29, 0.717) is 21.9 Å². The van der Waals surface area contributed by atoms with Crippen LogP contribution in [0.2, 0.25) is 5.02 Å². The second-order valence-electron chi connectivity index (χ2n) is 5.40. The first kappa shape index (κ1) is 19.4. The molecule has 0 atom stereocenters. The summed E-state index contributed by atoms with van der Waals surface area (Å²) < 4.78 is 16.1. The molecule has 0 N–H and O–H groups in total. The summed E-state index contributed by atoms with van der Waals surface area (Å²) in [5.41, 5.74) is 1.36. The van der Waals surface area contributed by atoms with E-state index in [9.17, 15) is 9.59 Å². The molecule has 0 aromatic heterocycles. The van der Waals surface area contributed by atoms with Gasteiger partial charge in [-0.1, -0.05) is 23.7 Å². The number of benzene rings is 2. The van der Waals surface area contributed by atoms with Gasteiger partial charge in [-0.3, -0.25) is 0 Å². The topological polar surface area (TPSA) is 74.2 Å². The minimum Gasteiger partial charge on any atom is -0.482 e. The van der Waals surface area contributed by atoms with E-state index >= 15 is 0 Å². The Morgan fingerprint density at radius 2 is 2.11 bits per heavy atom. The third-order valence-electron chi connectivity index (χ3n) is 3.53. The van der Waals surface area contributed by atoms with Crippen molar-refractivity contribution in [3.63, 3.8) is 0 Å². The Morgan fingerprint density at radius 3 is 2.89 bits per heavy atom. The molecule has 0 bridgehead atoms. The number of rotatable bonds is 5. The van der Waals surface area contributed by atoms with Gasteiger partial charge in [0, 0.05) is 3.57 Å². The number of cyclic esters (lactones) is 1. The van der Waals surface area contributed by atoms with Gasteiger partial charge < -0.3 is 14.2 Å². The standard InChI is InChI=1S/C19H13ClINO5/c1-25-17(23)10-26-13-4-2-3-11(7-13)8-16-19(24)27-18(22-16)14-9-12(21)5-6-15(14)20/h2-9H,10H2,1H3/b16-8-. The van der Waals surface area contributed by atoms with Crippen LogP contribution in [0.1, 0.15) is 11.1 Å². The Labute approximate surface area is 173 Å². The van der Waals surface area contributed by atoms with E-state index in [1.54, 1.807) is 42.5 Å². The molecular formula is C19H13ClINO5. The Hall–Kier alpha value is -2.39. The molecular weight excluding hydrogens is 485 g/mol. The van der Waals surface area contributed by atoms with Crippen LogP contribution < -0.4 is 4.74 Å². The van der Waals surface area contributed by atoms with Gasteiger partial charge in [-0.15, -0.1) is 0 Å². The van der Waals surface area contributed by atoms with Crippen molar-refractivity contribution in [3.8, 4) is 5.75 Å². The average molecular weight is 498 g/mol. The fourth-order valence-electron chi connectivity index (χ4n) is 2.24. The summed E-state index contributed by atoms with van der Waals surface area (Å²) >= 11 is 8.32. The minimum absolute atomic E-state index is 0.144. The van der Waals surface area contributed by atoms with Gasteiger partial charge in [-0.2, -0.15) is 0 Å². The molecule has 138 valence electrons. The summed E-state index contributed by atoms with van der Waals surface area (Å²) in [6, 6.07) is 12.2. The summed E-state index contributed by atoms with van der Waals surface area (Å²) in [7, 11) is 1.29. The van der Waals surface area contributed by atoms with Crippen LogP contribution in [0.15, 0.2) is 53.2 Å². The molecule has 0 unspecified atom stereocenters. The largest absolute Gasteiger partial charge is 0.482 e. The van der Waals surface area contributed by atoms with Crippen LogP contribution in [0.4, 0.5) is 0 Å². The van der Waals surface area contributed by atoms with Crippen molar-refractivity contribution in [2.45, 2.75) is 0 Å². The number of methoxy groups -OCH3 is 1. The summed E-state index contributed by atoms with van der Waals surface area (Å²) in [4.78, 5) is 27.6. The maximum Gasteiger partial charge on any atom is 0.363 e. The van der Waals surface area contributed by atoms with Crippen molar-refractivity contribution in [3.05, 3.63) is 67.9 Å². The quantitative estimate of drug-likeness (QED) is 0.357. The second kappa shape index (κ2) is 8.53. The number of carbonyl (C=O) groups excluding carboxylic acids is 2. The summed E-state index contributed by atoms with van der Waals surface area (Å²) in [5, 5.41) is 0.446. The molecule has 0 fully saturated rings. The Balaban J connectivity index is 1.84. The zero-order valence-electron chi connectivity index (χ0n) is 14.1. The van der Waals surface area contributed by atoms with Gasteiger partial charge in [-0.25, -0.2) is 14.6 Å². The van der Waals surface area contributed by atoms with Gasteiger partial charge in [0.2, 0.25) is 5.90 Å². The highest BCUT2D eigenvalue weighted by Crippen LogP contribution is 2.26. The monoisotopic (exact) mass is 497 g/mol. The van der Waals surface area contributed by atoms with E-state index in [1.165, 1.54) is 7.11 Å². The molecule has 1 aliphatic heterocycles. The van der Waals surface area contributed by atoms with Crippen LogP contribution in [0.5, 0.6) is 5.75 Å². The van der Waals surface area contributed by atoms with Gasteiger partial charge in [0.15, 0.2) is 12.3 Å². The first-order valence-corrected chi connectivity index (χ1v) is 9.19. The Morgan fingerprint density at radius 1 is 1.30 bits per heavy atom. The second-order valence-corrected chi connectivity index (χ2v) is 7.05. The van der Waals surface area contributed by atoms with Crippen LogP contribution in [0.25, 0.3) is 6.08 Å². The van der Waals surface area contributed by atoms with E-state index in [-0.39, 0.29) is 18.2 Å². The lowest BCUT2D eigenvalue weighted by molar-refractivity contribution is -0.142. The lowest BCUT2D eigenvalue weighted by Gasteiger charge is -2.05. The van der Waals surface area contributed by atoms with Crippen LogP contribution >= 0.6 is 34.2 Å². The van der Waals surface area contributed by atoms with Crippen LogP contribution in [-0.4, -0.2) is 31.6 Å². The normalized spacial score (nSPS) is 14.7. The first-order valence-electron chi connectivity index (χ1n) is 7.74. The number of ether oxygens (including phenoxy) is 3. The van der Waals surface area contributed by atoms with Gasteiger partial charge in [-0.05, 0) is 64.6 Å².